The van der Waals surface area contributed by atoms with E-state index >= 15 is 0 Å². The molecule has 5 heterocycles. The average molecular weight is 457 g/mol. The predicted octanol–water partition coefficient (Wildman–Crippen LogP) is 3.50. The summed E-state index contributed by atoms with van der Waals surface area (Å²) >= 11 is 1.50. The number of aryl methyl sites for hydroxylation is 1. The van der Waals surface area contributed by atoms with Crippen LogP contribution in [-0.2, 0) is 13.5 Å². The van der Waals surface area contributed by atoms with Crippen LogP contribution < -0.4 is 9.80 Å². The van der Waals surface area contributed by atoms with Crippen molar-refractivity contribution in [1.29, 1.82) is 0 Å². The third-order valence-corrected chi connectivity index (χ3v) is 6.90. The molecule has 1 fully saturated rings. The average Bonchev–Trinajstić information content (AvgIpc) is 3.59. The fraction of sp³-hybridized carbons (Fsp3) is 0.250. The number of hydrogen-bond donors (Lipinski definition) is 0. The minimum Gasteiger partial charge on any atom is -0.365 e. The van der Waals surface area contributed by atoms with Gasteiger partial charge in [-0.15, -0.1) is 0 Å². The van der Waals surface area contributed by atoms with Crippen molar-refractivity contribution in [3.8, 4) is 11.1 Å². The quantitative estimate of drug-likeness (QED) is 0.403. The normalized spacial score (nSPS) is 14.3. The summed E-state index contributed by atoms with van der Waals surface area (Å²) in [5.41, 5.74) is 5.74. The first kappa shape index (κ1) is 19.9. The molecular weight excluding hydrogens is 432 g/mol. The molecule has 1 saturated heterocycles. The Morgan fingerprint density at radius 1 is 0.848 bits per heavy atom. The number of fused-ring (bicyclic) bond motifs is 1. The summed E-state index contributed by atoms with van der Waals surface area (Å²) in [6, 6.07) is 14.7. The smallest absolute Gasteiger partial charge is 0.205 e. The lowest BCUT2D eigenvalue weighted by molar-refractivity contribution is 0.653. The highest BCUT2D eigenvalue weighted by Gasteiger charge is 2.22. The Bertz CT molecular complexity index is 1380. The highest BCUT2D eigenvalue weighted by atomic mass is 32.1. The van der Waals surface area contributed by atoms with Crippen LogP contribution in [0, 0.1) is 0 Å². The second kappa shape index (κ2) is 8.32. The van der Waals surface area contributed by atoms with Crippen LogP contribution in [0.1, 0.15) is 11.4 Å². The Morgan fingerprint density at radius 3 is 2.45 bits per heavy atom. The van der Waals surface area contributed by atoms with Gasteiger partial charge in [0, 0.05) is 74.7 Å². The zero-order valence-electron chi connectivity index (χ0n) is 18.4. The minimum absolute atomic E-state index is 0.779. The summed E-state index contributed by atoms with van der Waals surface area (Å²) in [4.78, 5) is 9.55. The van der Waals surface area contributed by atoms with Gasteiger partial charge in [-0.05, 0) is 11.6 Å². The van der Waals surface area contributed by atoms with Gasteiger partial charge in [-0.1, -0.05) is 36.4 Å². The van der Waals surface area contributed by atoms with Gasteiger partial charge in [0.15, 0.2) is 0 Å². The van der Waals surface area contributed by atoms with Crippen LogP contribution in [0.3, 0.4) is 0 Å². The SMILES string of the molecule is Cn1cc(-c2ccc3c(N4CCN(c5nc(Cc6ccccc6)ns5)CC4)cnn3c2)cn1. The van der Waals surface area contributed by atoms with Crippen molar-refractivity contribution in [3.05, 3.63) is 78.6 Å². The Balaban J connectivity index is 1.14. The fourth-order valence-corrected chi connectivity index (χ4v) is 5.05. The van der Waals surface area contributed by atoms with Crippen LogP contribution in [0.2, 0.25) is 0 Å². The topological polar surface area (TPSA) is 67.4 Å². The van der Waals surface area contributed by atoms with Crippen molar-refractivity contribution >= 4 is 27.9 Å². The van der Waals surface area contributed by atoms with E-state index in [1.807, 2.05) is 40.9 Å². The summed E-state index contributed by atoms with van der Waals surface area (Å²) in [5, 5.41) is 9.91. The van der Waals surface area contributed by atoms with Gasteiger partial charge in [0.05, 0.1) is 23.6 Å². The summed E-state index contributed by atoms with van der Waals surface area (Å²) in [7, 11) is 1.93. The molecule has 0 N–H and O–H groups in total. The maximum atomic E-state index is 4.80. The number of pyridine rings is 1. The maximum absolute atomic E-state index is 4.80. The van der Waals surface area contributed by atoms with Crippen LogP contribution in [0.15, 0.2) is 67.3 Å². The molecule has 0 atom stereocenters. The van der Waals surface area contributed by atoms with Crippen LogP contribution in [0.4, 0.5) is 10.8 Å². The van der Waals surface area contributed by atoms with Gasteiger partial charge >= 0.3 is 0 Å². The molecule has 33 heavy (non-hydrogen) atoms. The number of hydrogen-bond acceptors (Lipinski definition) is 7. The lowest BCUT2D eigenvalue weighted by Gasteiger charge is -2.35. The summed E-state index contributed by atoms with van der Waals surface area (Å²) in [5.74, 6) is 0.899. The van der Waals surface area contributed by atoms with Crippen LogP contribution >= 0.6 is 11.5 Å². The summed E-state index contributed by atoms with van der Waals surface area (Å²) < 4.78 is 8.37. The molecule has 0 unspecified atom stereocenters. The molecule has 8 nitrogen and oxygen atoms in total. The maximum Gasteiger partial charge on any atom is 0.205 e. The van der Waals surface area contributed by atoms with Crippen molar-refractivity contribution < 1.29 is 0 Å². The molecule has 0 amide bonds. The molecule has 1 aromatic carbocycles. The van der Waals surface area contributed by atoms with Gasteiger partial charge in [0.1, 0.15) is 5.82 Å². The molecule has 0 bridgehead atoms. The first-order valence-electron chi connectivity index (χ1n) is 11.1. The lowest BCUT2D eigenvalue weighted by atomic mass is 10.1. The molecule has 0 aliphatic carbocycles. The highest BCUT2D eigenvalue weighted by molar-refractivity contribution is 7.09. The zero-order valence-corrected chi connectivity index (χ0v) is 19.2. The van der Waals surface area contributed by atoms with E-state index < -0.39 is 0 Å². The van der Waals surface area contributed by atoms with E-state index in [0.717, 1.165) is 60.2 Å². The van der Waals surface area contributed by atoms with Gasteiger partial charge in [-0.2, -0.15) is 14.6 Å². The van der Waals surface area contributed by atoms with Gasteiger partial charge < -0.3 is 9.80 Å². The Labute approximate surface area is 195 Å². The predicted molar refractivity (Wildman–Crippen MR) is 131 cm³/mol. The molecule has 4 aromatic heterocycles. The van der Waals surface area contributed by atoms with Gasteiger partial charge in [-0.3, -0.25) is 4.68 Å². The second-order valence-electron chi connectivity index (χ2n) is 8.31. The molecule has 9 heteroatoms. The summed E-state index contributed by atoms with van der Waals surface area (Å²) in [6.07, 6.45) is 8.72. The van der Waals surface area contributed by atoms with Gasteiger partial charge in [-0.25, -0.2) is 9.50 Å². The fourth-order valence-electron chi connectivity index (χ4n) is 4.32. The van der Waals surface area contributed by atoms with Crippen LogP contribution in [-0.4, -0.2) is 54.9 Å². The van der Waals surface area contributed by atoms with Crippen molar-refractivity contribution in [1.82, 2.24) is 28.8 Å². The molecular formula is C24H24N8S. The third kappa shape index (κ3) is 3.95. The first-order valence-corrected chi connectivity index (χ1v) is 11.8. The van der Waals surface area contributed by atoms with E-state index in [9.17, 15) is 0 Å². The number of benzene rings is 1. The van der Waals surface area contributed by atoms with E-state index in [0.29, 0.717) is 0 Å². The molecule has 1 aliphatic heterocycles. The van der Waals surface area contributed by atoms with Gasteiger partial charge in [0.2, 0.25) is 5.13 Å². The second-order valence-corrected chi connectivity index (χ2v) is 9.04. The Hall–Kier alpha value is -3.72. The summed E-state index contributed by atoms with van der Waals surface area (Å²) in [6.45, 7) is 3.70. The number of nitrogens with zero attached hydrogens (tertiary/aromatic N) is 8. The zero-order chi connectivity index (χ0) is 22.2. The molecule has 166 valence electrons. The molecule has 0 spiro atoms. The van der Waals surface area contributed by atoms with E-state index in [4.69, 9.17) is 4.98 Å². The van der Waals surface area contributed by atoms with Crippen molar-refractivity contribution in [3.63, 3.8) is 0 Å². The largest absolute Gasteiger partial charge is 0.365 e. The molecule has 0 radical (unpaired) electrons. The Morgan fingerprint density at radius 2 is 1.67 bits per heavy atom. The van der Waals surface area contributed by atoms with E-state index in [1.54, 1.807) is 0 Å². The van der Waals surface area contributed by atoms with E-state index in [2.05, 4.69) is 67.0 Å². The number of piperazine rings is 1. The molecule has 6 rings (SSSR count). The lowest BCUT2D eigenvalue weighted by Crippen LogP contribution is -2.46. The van der Waals surface area contributed by atoms with E-state index in [-0.39, 0.29) is 0 Å². The number of rotatable bonds is 5. The van der Waals surface area contributed by atoms with E-state index in [1.165, 1.54) is 22.8 Å². The van der Waals surface area contributed by atoms with Crippen molar-refractivity contribution in [2.45, 2.75) is 6.42 Å². The van der Waals surface area contributed by atoms with Crippen molar-refractivity contribution in [2.75, 3.05) is 36.0 Å². The molecule has 5 aromatic rings. The standard InChI is InChI=1S/C24H24N8S/c1-29-16-20(14-25-29)19-7-8-21-22(15-26-32(21)17-19)30-9-11-31(12-10-30)24-27-23(28-33-24)13-18-5-3-2-4-6-18/h2-8,14-17H,9-13H2,1H3. The third-order valence-electron chi connectivity index (χ3n) is 6.09. The number of aromatic nitrogens is 6. The van der Waals surface area contributed by atoms with Crippen molar-refractivity contribution in [2.24, 2.45) is 7.05 Å². The number of anilines is 2. The molecule has 0 saturated carbocycles. The highest BCUT2D eigenvalue weighted by Crippen LogP contribution is 2.28. The van der Waals surface area contributed by atoms with Crippen LogP contribution in [0.5, 0.6) is 0 Å². The molecule has 1 aliphatic rings. The van der Waals surface area contributed by atoms with Gasteiger partial charge in [0.25, 0.3) is 0 Å². The minimum atomic E-state index is 0.779. The first-order chi connectivity index (χ1) is 16.2. The Kier molecular flexibility index (Phi) is 5.03. The monoisotopic (exact) mass is 456 g/mol. The van der Waals surface area contributed by atoms with Crippen LogP contribution in [0.25, 0.3) is 16.6 Å².